The molecule has 4 aromatic rings. The van der Waals surface area contributed by atoms with Gasteiger partial charge >= 0.3 is 7.60 Å². The molecule has 4 aromatic heterocycles. The molecule has 0 aliphatic rings. The molecule has 170 valence electrons. The van der Waals surface area contributed by atoms with E-state index in [-0.39, 0.29) is 0 Å². The molecule has 0 spiro atoms. The number of halogens is 1. The summed E-state index contributed by atoms with van der Waals surface area (Å²) in [7, 11) is -3.13. The van der Waals surface area contributed by atoms with E-state index in [9.17, 15) is 4.57 Å². The number of thiazole rings is 1. The molecule has 0 fully saturated rings. The standard InChI is InChI=1S/C18H21BrN7O3PS2/c1-3-28-30(27,29-4-2)7-5-6-26-16-13(15(20)22-10-23-16)25-17(26)32-18-24-12-9-21-8-11(19)14(12)31-18/h8-10H,3-7H2,1-2H3,(H2,20,22,23). The molecule has 0 unspecified atom stereocenters. The van der Waals surface area contributed by atoms with Crippen LogP contribution in [0.4, 0.5) is 5.82 Å². The fourth-order valence-electron chi connectivity index (χ4n) is 3.12. The van der Waals surface area contributed by atoms with Gasteiger partial charge in [0, 0.05) is 12.7 Å². The van der Waals surface area contributed by atoms with Crippen LogP contribution in [0.3, 0.4) is 0 Å². The molecule has 0 saturated heterocycles. The summed E-state index contributed by atoms with van der Waals surface area (Å²) in [5.41, 5.74) is 7.99. The predicted octanol–water partition coefficient (Wildman–Crippen LogP) is 4.98. The minimum atomic E-state index is -3.13. The van der Waals surface area contributed by atoms with Crippen LogP contribution in [0.25, 0.3) is 21.4 Å². The molecule has 0 aliphatic carbocycles. The van der Waals surface area contributed by atoms with Crippen LogP contribution in [-0.2, 0) is 20.2 Å². The number of imidazole rings is 1. The monoisotopic (exact) mass is 557 g/mol. The number of nitrogens with two attached hydrogens (primary N) is 1. The highest BCUT2D eigenvalue weighted by molar-refractivity contribution is 9.10. The summed E-state index contributed by atoms with van der Waals surface area (Å²) in [6.07, 6.45) is 5.73. The number of hydrogen-bond donors (Lipinski definition) is 1. The van der Waals surface area contributed by atoms with E-state index in [2.05, 4.69) is 40.8 Å². The molecule has 4 rings (SSSR count). The van der Waals surface area contributed by atoms with Gasteiger partial charge in [0.2, 0.25) is 0 Å². The highest BCUT2D eigenvalue weighted by Crippen LogP contribution is 2.48. The number of pyridine rings is 1. The number of aromatic nitrogens is 6. The van der Waals surface area contributed by atoms with Gasteiger partial charge in [0.1, 0.15) is 11.8 Å². The second kappa shape index (κ2) is 10.1. The van der Waals surface area contributed by atoms with Gasteiger partial charge in [-0.25, -0.2) is 19.9 Å². The SMILES string of the molecule is CCOP(=O)(CCCn1c(Sc2nc3cncc(Br)c3s2)nc2c(N)ncnc21)OCC. The summed E-state index contributed by atoms with van der Waals surface area (Å²) in [5, 5.41) is 0.679. The van der Waals surface area contributed by atoms with Gasteiger partial charge in [-0.15, -0.1) is 11.3 Å². The van der Waals surface area contributed by atoms with E-state index in [1.54, 1.807) is 37.6 Å². The lowest BCUT2D eigenvalue weighted by molar-refractivity contribution is 0.219. The van der Waals surface area contributed by atoms with E-state index < -0.39 is 7.60 Å². The summed E-state index contributed by atoms with van der Waals surface area (Å²) in [6.45, 7) is 4.77. The van der Waals surface area contributed by atoms with E-state index in [0.717, 1.165) is 19.0 Å². The molecular formula is C18H21BrN7O3PS2. The second-order valence-corrected chi connectivity index (χ2v) is 11.8. The summed E-state index contributed by atoms with van der Waals surface area (Å²) in [6, 6.07) is 0. The third-order valence-electron chi connectivity index (χ3n) is 4.40. The minimum absolute atomic E-state index is 0.290. The molecule has 0 saturated carbocycles. The Labute approximate surface area is 201 Å². The summed E-state index contributed by atoms with van der Waals surface area (Å²) in [4.78, 5) is 21.9. The van der Waals surface area contributed by atoms with Crippen molar-refractivity contribution in [2.75, 3.05) is 25.1 Å². The molecular weight excluding hydrogens is 537 g/mol. The Hall–Kier alpha value is -1.63. The van der Waals surface area contributed by atoms with E-state index in [0.29, 0.717) is 54.5 Å². The lowest BCUT2D eigenvalue weighted by atomic mass is 10.4. The zero-order valence-electron chi connectivity index (χ0n) is 17.4. The Bertz CT molecular complexity index is 1290. The first-order valence-corrected chi connectivity index (χ1v) is 14.0. The maximum absolute atomic E-state index is 12.8. The first-order chi connectivity index (χ1) is 15.4. The number of nitrogens with zero attached hydrogens (tertiary/aromatic N) is 6. The van der Waals surface area contributed by atoms with Crippen LogP contribution in [0.15, 0.2) is 32.7 Å². The molecule has 32 heavy (non-hydrogen) atoms. The number of anilines is 1. The van der Waals surface area contributed by atoms with Crippen molar-refractivity contribution in [2.45, 2.75) is 36.3 Å². The molecule has 0 aromatic carbocycles. The van der Waals surface area contributed by atoms with Crippen LogP contribution >= 0.6 is 46.6 Å². The third-order valence-corrected chi connectivity index (χ3v) is 9.59. The quantitative estimate of drug-likeness (QED) is 0.266. The molecule has 10 nitrogen and oxygen atoms in total. The van der Waals surface area contributed by atoms with Crippen molar-refractivity contribution in [3.63, 3.8) is 0 Å². The number of rotatable bonds is 10. The maximum Gasteiger partial charge on any atom is 0.330 e. The van der Waals surface area contributed by atoms with Crippen molar-refractivity contribution >= 4 is 73.8 Å². The Morgan fingerprint density at radius 2 is 2.00 bits per heavy atom. The van der Waals surface area contributed by atoms with Crippen LogP contribution in [0, 0.1) is 0 Å². The molecule has 0 radical (unpaired) electrons. The highest BCUT2D eigenvalue weighted by Gasteiger charge is 2.24. The fourth-order valence-corrected chi connectivity index (χ4v) is 7.37. The average Bonchev–Trinajstić information content (AvgIpc) is 3.32. The molecule has 0 bridgehead atoms. The third kappa shape index (κ3) is 4.97. The molecule has 2 N–H and O–H groups in total. The second-order valence-electron chi connectivity index (χ2n) is 6.55. The van der Waals surface area contributed by atoms with Gasteiger partial charge < -0.3 is 19.3 Å². The summed E-state index contributed by atoms with van der Waals surface area (Å²) in [5.74, 6) is 0.307. The van der Waals surface area contributed by atoms with Crippen LogP contribution < -0.4 is 5.73 Å². The van der Waals surface area contributed by atoms with E-state index in [1.165, 1.54) is 18.1 Å². The fraction of sp³-hybridized carbons (Fsp3) is 0.389. The number of nitrogen functional groups attached to an aromatic ring is 1. The zero-order chi connectivity index (χ0) is 22.7. The number of aryl methyl sites for hydroxylation is 1. The van der Waals surface area contributed by atoms with Crippen LogP contribution in [0.1, 0.15) is 20.3 Å². The Morgan fingerprint density at radius 1 is 1.22 bits per heavy atom. The van der Waals surface area contributed by atoms with Crippen molar-refractivity contribution in [3.8, 4) is 0 Å². The van der Waals surface area contributed by atoms with Crippen molar-refractivity contribution in [3.05, 3.63) is 23.2 Å². The normalized spacial score (nSPS) is 12.2. The van der Waals surface area contributed by atoms with Gasteiger partial charge in [-0.2, -0.15) is 0 Å². The molecule has 0 amide bonds. The molecule has 14 heteroatoms. The summed E-state index contributed by atoms with van der Waals surface area (Å²) >= 11 is 6.48. The van der Waals surface area contributed by atoms with Gasteiger partial charge in [-0.3, -0.25) is 9.55 Å². The van der Waals surface area contributed by atoms with E-state index in [4.69, 9.17) is 14.8 Å². The number of fused-ring (bicyclic) bond motifs is 2. The van der Waals surface area contributed by atoms with Crippen molar-refractivity contribution < 1.29 is 13.6 Å². The average molecular weight is 558 g/mol. The van der Waals surface area contributed by atoms with Gasteiger partial charge in [-0.1, -0.05) is 0 Å². The van der Waals surface area contributed by atoms with Gasteiger partial charge in [0.05, 0.1) is 34.7 Å². The summed E-state index contributed by atoms with van der Waals surface area (Å²) < 4.78 is 28.3. The highest BCUT2D eigenvalue weighted by atomic mass is 79.9. The lowest BCUT2D eigenvalue weighted by Gasteiger charge is -2.17. The van der Waals surface area contributed by atoms with Crippen molar-refractivity contribution in [2.24, 2.45) is 0 Å². The van der Waals surface area contributed by atoms with E-state index >= 15 is 0 Å². The zero-order valence-corrected chi connectivity index (χ0v) is 21.5. The first-order valence-electron chi connectivity index (χ1n) is 9.86. The molecule has 4 heterocycles. The maximum atomic E-state index is 12.8. The van der Waals surface area contributed by atoms with E-state index in [1.807, 2.05) is 4.57 Å². The Kier molecular flexibility index (Phi) is 7.43. The largest absolute Gasteiger partial charge is 0.382 e. The number of hydrogen-bond acceptors (Lipinski definition) is 11. The van der Waals surface area contributed by atoms with Crippen LogP contribution in [-0.4, -0.2) is 48.9 Å². The van der Waals surface area contributed by atoms with Crippen molar-refractivity contribution in [1.82, 2.24) is 29.5 Å². The predicted molar refractivity (Wildman–Crippen MR) is 129 cm³/mol. The van der Waals surface area contributed by atoms with Gasteiger partial charge in [0.15, 0.2) is 26.5 Å². The molecule has 0 aliphatic heterocycles. The smallest absolute Gasteiger partial charge is 0.330 e. The lowest BCUT2D eigenvalue weighted by Crippen LogP contribution is -2.06. The van der Waals surface area contributed by atoms with Crippen LogP contribution in [0.5, 0.6) is 0 Å². The van der Waals surface area contributed by atoms with Gasteiger partial charge in [0.25, 0.3) is 0 Å². The Balaban J connectivity index is 1.63. The van der Waals surface area contributed by atoms with Crippen LogP contribution in [0.2, 0.25) is 0 Å². The first kappa shape index (κ1) is 23.5. The Morgan fingerprint density at radius 3 is 2.72 bits per heavy atom. The minimum Gasteiger partial charge on any atom is -0.382 e. The van der Waals surface area contributed by atoms with Gasteiger partial charge in [-0.05, 0) is 48.0 Å². The molecule has 0 atom stereocenters. The van der Waals surface area contributed by atoms with Crippen molar-refractivity contribution in [1.29, 1.82) is 0 Å². The topological polar surface area (TPSA) is 131 Å².